The van der Waals surface area contributed by atoms with Crippen LogP contribution in [0, 0.1) is 0 Å². The van der Waals surface area contributed by atoms with Crippen LogP contribution in [0.5, 0.6) is 0 Å². The third-order valence-electron chi connectivity index (χ3n) is 2.90. The Balaban J connectivity index is 2.12. The summed E-state index contributed by atoms with van der Waals surface area (Å²) in [6, 6.07) is 10.4. The monoisotopic (exact) mass is 367 g/mol. The lowest BCUT2D eigenvalue weighted by Gasteiger charge is -2.16. The molecule has 4 nitrogen and oxygen atoms in total. The normalized spacial score (nSPS) is 11.7. The van der Waals surface area contributed by atoms with Gasteiger partial charge in [-0.2, -0.15) is 0 Å². The van der Waals surface area contributed by atoms with Crippen molar-refractivity contribution in [2.75, 3.05) is 7.11 Å². The van der Waals surface area contributed by atoms with Crippen molar-refractivity contribution in [3.63, 3.8) is 0 Å². The molecule has 2 aromatic rings. The Morgan fingerprint density at radius 1 is 1.29 bits per heavy atom. The Bertz CT molecular complexity index is 610. The van der Waals surface area contributed by atoms with Crippen molar-refractivity contribution in [2.45, 2.75) is 12.5 Å². The zero-order valence-electron chi connectivity index (χ0n) is 11.3. The number of carbonyl (C=O) groups excluding carboxylic acids is 2. The minimum atomic E-state index is -0.381. The van der Waals surface area contributed by atoms with E-state index in [0.717, 1.165) is 9.35 Å². The van der Waals surface area contributed by atoms with E-state index in [2.05, 4.69) is 26.0 Å². The van der Waals surface area contributed by atoms with Crippen LogP contribution >= 0.6 is 27.3 Å². The molecular weight excluding hydrogens is 354 g/mol. The van der Waals surface area contributed by atoms with E-state index in [1.807, 2.05) is 17.5 Å². The lowest BCUT2D eigenvalue weighted by atomic mass is 10.1. The van der Waals surface area contributed by atoms with Gasteiger partial charge in [0.25, 0.3) is 5.91 Å². The third-order valence-corrected chi connectivity index (χ3v) is 4.41. The molecule has 6 heteroatoms. The second-order valence-corrected chi connectivity index (χ2v) is 6.22. The summed E-state index contributed by atoms with van der Waals surface area (Å²) in [5, 5.41) is 4.78. The average Bonchev–Trinajstić information content (AvgIpc) is 3.01. The molecule has 21 heavy (non-hydrogen) atoms. The minimum Gasteiger partial charge on any atom is -0.469 e. The average molecular weight is 368 g/mol. The predicted molar refractivity (Wildman–Crippen MR) is 85.3 cm³/mol. The van der Waals surface area contributed by atoms with Gasteiger partial charge in [0.05, 0.1) is 19.6 Å². The first-order valence-corrected chi connectivity index (χ1v) is 7.94. The van der Waals surface area contributed by atoms with E-state index in [1.165, 1.54) is 18.4 Å². The molecule has 2 rings (SSSR count). The molecule has 110 valence electrons. The van der Waals surface area contributed by atoms with Gasteiger partial charge in [0.1, 0.15) is 0 Å². The van der Waals surface area contributed by atoms with Crippen LogP contribution in [0.1, 0.15) is 27.7 Å². The predicted octanol–water partition coefficient (Wildman–Crippen LogP) is 3.54. The third kappa shape index (κ3) is 4.41. The van der Waals surface area contributed by atoms with E-state index in [1.54, 1.807) is 24.3 Å². The van der Waals surface area contributed by atoms with Crippen LogP contribution in [0.15, 0.2) is 46.3 Å². The summed E-state index contributed by atoms with van der Waals surface area (Å²) in [4.78, 5) is 24.7. The molecule has 0 bridgehead atoms. The van der Waals surface area contributed by atoms with E-state index >= 15 is 0 Å². The number of amides is 1. The number of thiophene rings is 1. The molecule has 0 aliphatic carbocycles. The van der Waals surface area contributed by atoms with Gasteiger partial charge < -0.3 is 10.1 Å². The second kappa shape index (κ2) is 7.38. The van der Waals surface area contributed by atoms with Crippen molar-refractivity contribution in [3.8, 4) is 0 Å². The maximum absolute atomic E-state index is 12.3. The SMILES string of the molecule is COC(=O)CC(NC(=O)c1ccc(Br)cc1)c1cccs1. The highest BCUT2D eigenvalue weighted by Gasteiger charge is 2.20. The fourth-order valence-corrected chi connectivity index (χ4v) is 2.85. The fraction of sp³-hybridized carbons (Fsp3) is 0.200. The summed E-state index contributed by atoms with van der Waals surface area (Å²) in [5.41, 5.74) is 0.546. The number of rotatable bonds is 5. The van der Waals surface area contributed by atoms with Crippen molar-refractivity contribution in [2.24, 2.45) is 0 Å². The number of hydrogen-bond donors (Lipinski definition) is 1. The van der Waals surface area contributed by atoms with Crippen molar-refractivity contribution >= 4 is 39.1 Å². The van der Waals surface area contributed by atoms with E-state index in [4.69, 9.17) is 0 Å². The van der Waals surface area contributed by atoms with Gasteiger partial charge in [0, 0.05) is 14.9 Å². The molecule has 0 spiro atoms. The Morgan fingerprint density at radius 2 is 2.00 bits per heavy atom. The molecule has 1 amide bonds. The van der Waals surface area contributed by atoms with E-state index in [-0.39, 0.29) is 24.3 Å². The van der Waals surface area contributed by atoms with Crippen LogP contribution in [0.25, 0.3) is 0 Å². The molecule has 1 atom stereocenters. The van der Waals surface area contributed by atoms with Gasteiger partial charge in [0.2, 0.25) is 0 Å². The largest absolute Gasteiger partial charge is 0.469 e. The van der Waals surface area contributed by atoms with Crippen LogP contribution in [0.2, 0.25) is 0 Å². The fourth-order valence-electron chi connectivity index (χ4n) is 1.81. The quantitative estimate of drug-likeness (QED) is 0.822. The number of esters is 1. The van der Waals surface area contributed by atoms with E-state index in [0.29, 0.717) is 5.56 Å². The van der Waals surface area contributed by atoms with Crippen LogP contribution in [0.4, 0.5) is 0 Å². The molecule has 1 unspecified atom stereocenters. The Morgan fingerprint density at radius 3 is 2.57 bits per heavy atom. The molecular formula is C15H14BrNO3S. The zero-order chi connectivity index (χ0) is 15.2. The van der Waals surface area contributed by atoms with Gasteiger partial charge >= 0.3 is 5.97 Å². The first kappa shape index (κ1) is 15.7. The van der Waals surface area contributed by atoms with Gasteiger partial charge in [-0.05, 0) is 35.7 Å². The van der Waals surface area contributed by atoms with Gasteiger partial charge in [0.15, 0.2) is 0 Å². The molecule has 0 saturated heterocycles. The van der Waals surface area contributed by atoms with E-state index in [9.17, 15) is 9.59 Å². The van der Waals surface area contributed by atoms with Crippen molar-refractivity contribution in [1.29, 1.82) is 0 Å². The Kier molecular flexibility index (Phi) is 5.52. The number of methoxy groups -OCH3 is 1. The molecule has 1 N–H and O–H groups in total. The number of hydrogen-bond acceptors (Lipinski definition) is 4. The summed E-state index contributed by atoms with van der Waals surface area (Å²) < 4.78 is 5.60. The second-order valence-electron chi connectivity index (χ2n) is 4.33. The van der Waals surface area contributed by atoms with Gasteiger partial charge in [-0.25, -0.2) is 0 Å². The number of ether oxygens (including phenoxy) is 1. The van der Waals surface area contributed by atoms with Crippen LogP contribution < -0.4 is 5.32 Å². The Labute approximate surface area is 135 Å². The Hall–Kier alpha value is -1.66. The lowest BCUT2D eigenvalue weighted by Crippen LogP contribution is -2.30. The van der Waals surface area contributed by atoms with Crippen molar-refractivity contribution in [3.05, 3.63) is 56.7 Å². The maximum atomic E-state index is 12.3. The van der Waals surface area contributed by atoms with Gasteiger partial charge in [-0.1, -0.05) is 22.0 Å². The molecule has 1 aromatic heterocycles. The van der Waals surface area contributed by atoms with E-state index < -0.39 is 0 Å². The van der Waals surface area contributed by atoms with Crippen LogP contribution in [-0.4, -0.2) is 19.0 Å². The molecule has 0 saturated carbocycles. The van der Waals surface area contributed by atoms with Gasteiger partial charge in [-0.15, -0.1) is 11.3 Å². The summed E-state index contributed by atoms with van der Waals surface area (Å²) in [6.45, 7) is 0. The summed E-state index contributed by atoms with van der Waals surface area (Å²) in [5.74, 6) is -0.575. The lowest BCUT2D eigenvalue weighted by molar-refractivity contribution is -0.141. The van der Waals surface area contributed by atoms with Crippen molar-refractivity contribution < 1.29 is 14.3 Å². The van der Waals surface area contributed by atoms with Crippen LogP contribution in [0.3, 0.4) is 0 Å². The summed E-state index contributed by atoms with van der Waals surface area (Å²) >= 11 is 4.82. The first-order valence-electron chi connectivity index (χ1n) is 6.27. The molecule has 1 heterocycles. The molecule has 0 fully saturated rings. The standard InChI is InChI=1S/C15H14BrNO3S/c1-20-14(18)9-12(13-3-2-8-21-13)17-15(19)10-4-6-11(16)7-5-10/h2-8,12H,9H2,1H3,(H,17,19). The maximum Gasteiger partial charge on any atom is 0.307 e. The first-order chi connectivity index (χ1) is 10.1. The number of halogens is 1. The summed E-state index contributed by atoms with van der Waals surface area (Å²) in [6.07, 6.45) is 0.110. The topological polar surface area (TPSA) is 55.4 Å². The molecule has 0 radical (unpaired) electrons. The van der Waals surface area contributed by atoms with Crippen LogP contribution in [-0.2, 0) is 9.53 Å². The molecule has 0 aliphatic rings. The smallest absolute Gasteiger partial charge is 0.307 e. The zero-order valence-corrected chi connectivity index (χ0v) is 13.7. The molecule has 0 aliphatic heterocycles. The number of nitrogens with one attached hydrogen (secondary N) is 1. The highest BCUT2D eigenvalue weighted by molar-refractivity contribution is 9.10. The highest BCUT2D eigenvalue weighted by atomic mass is 79.9. The molecule has 1 aromatic carbocycles. The van der Waals surface area contributed by atoms with Crippen molar-refractivity contribution in [1.82, 2.24) is 5.32 Å². The van der Waals surface area contributed by atoms with Gasteiger partial charge in [-0.3, -0.25) is 9.59 Å². The number of carbonyl (C=O) groups is 2. The number of benzene rings is 1. The highest BCUT2D eigenvalue weighted by Crippen LogP contribution is 2.23. The summed E-state index contributed by atoms with van der Waals surface area (Å²) in [7, 11) is 1.34. The minimum absolute atomic E-state index is 0.110.